The van der Waals surface area contributed by atoms with Crippen LogP contribution in [0.15, 0.2) is 6.07 Å². The van der Waals surface area contributed by atoms with Gasteiger partial charge in [-0.2, -0.15) is 23.4 Å². The second kappa shape index (κ2) is 6.77. The number of nitrogens with zero attached hydrogens (tertiary/aromatic N) is 4. The second-order valence-electron chi connectivity index (χ2n) is 6.47. The van der Waals surface area contributed by atoms with Crippen LogP contribution < -0.4 is 5.32 Å². The summed E-state index contributed by atoms with van der Waals surface area (Å²) >= 11 is 0. The van der Waals surface area contributed by atoms with E-state index in [1.807, 2.05) is 13.8 Å². The van der Waals surface area contributed by atoms with E-state index >= 15 is 0 Å². The molecule has 2 heterocycles. The number of rotatable bonds is 5. The van der Waals surface area contributed by atoms with Crippen LogP contribution in [-0.4, -0.2) is 25.5 Å². The maximum atomic E-state index is 13.3. The first-order valence-electron chi connectivity index (χ1n) is 8.79. The third-order valence-corrected chi connectivity index (χ3v) is 4.74. The molecule has 2 aromatic rings. The summed E-state index contributed by atoms with van der Waals surface area (Å²) in [5, 5.41) is 10.8. The van der Waals surface area contributed by atoms with Gasteiger partial charge in [0.05, 0.1) is 0 Å². The maximum Gasteiger partial charge on any atom is 0.435 e. The van der Waals surface area contributed by atoms with Crippen molar-refractivity contribution < 1.29 is 18.0 Å². The predicted octanol–water partition coefficient (Wildman–Crippen LogP) is 3.51. The topological polar surface area (TPSA) is 64.7 Å². The predicted molar refractivity (Wildman–Crippen MR) is 89.8 cm³/mol. The number of carbonyl (C=O) groups is 1. The molecule has 1 aliphatic rings. The minimum atomic E-state index is -4.51. The van der Waals surface area contributed by atoms with Crippen molar-refractivity contribution in [3.05, 3.63) is 28.7 Å². The highest BCUT2D eigenvalue weighted by molar-refractivity contribution is 5.92. The molecular formula is C17H22F3N5O. The SMILES string of the molecule is CCC(C(=O)Nc1cc(C)n(CC)n1)n1nc(C(F)(F)F)c2c1CCC2. The average Bonchev–Trinajstić information content (AvgIpc) is 3.23. The highest BCUT2D eigenvalue weighted by Crippen LogP contribution is 2.38. The Bertz CT molecular complexity index is 821. The van der Waals surface area contributed by atoms with E-state index in [0.717, 1.165) is 5.69 Å². The molecule has 2 aromatic heterocycles. The third-order valence-electron chi connectivity index (χ3n) is 4.74. The van der Waals surface area contributed by atoms with Crippen LogP contribution in [0.3, 0.4) is 0 Å². The van der Waals surface area contributed by atoms with Gasteiger partial charge >= 0.3 is 6.18 Å². The lowest BCUT2D eigenvalue weighted by Gasteiger charge is -2.17. The van der Waals surface area contributed by atoms with Gasteiger partial charge in [-0.15, -0.1) is 0 Å². The fourth-order valence-corrected chi connectivity index (χ4v) is 3.52. The van der Waals surface area contributed by atoms with Crippen LogP contribution in [0.4, 0.5) is 19.0 Å². The molecule has 9 heteroatoms. The summed E-state index contributed by atoms with van der Waals surface area (Å²) in [6.45, 7) is 6.24. The lowest BCUT2D eigenvalue weighted by molar-refractivity contribution is -0.142. The minimum absolute atomic E-state index is 0.231. The van der Waals surface area contributed by atoms with Gasteiger partial charge in [0, 0.05) is 29.6 Å². The van der Waals surface area contributed by atoms with Crippen LogP contribution in [0.25, 0.3) is 0 Å². The number of alkyl halides is 3. The molecule has 6 nitrogen and oxygen atoms in total. The van der Waals surface area contributed by atoms with Crippen molar-refractivity contribution in [3.63, 3.8) is 0 Å². The Morgan fingerprint density at radius 2 is 2.04 bits per heavy atom. The zero-order chi connectivity index (χ0) is 19.1. The molecule has 1 unspecified atom stereocenters. The molecule has 26 heavy (non-hydrogen) atoms. The first-order valence-corrected chi connectivity index (χ1v) is 8.79. The highest BCUT2D eigenvalue weighted by Gasteiger charge is 2.41. The van der Waals surface area contributed by atoms with Gasteiger partial charge in [0.2, 0.25) is 5.91 Å². The average molecular weight is 369 g/mol. The first-order chi connectivity index (χ1) is 12.3. The summed E-state index contributed by atoms with van der Waals surface area (Å²) in [5.41, 5.74) is 0.794. The molecular weight excluding hydrogens is 347 g/mol. The van der Waals surface area contributed by atoms with Crippen LogP contribution in [0, 0.1) is 6.92 Å². The smallest absolute Gasteiger partial charge is 0.307 e. The van der Waals surface area contributed by atoms with Gasteiger partial charge in [0.15, 0.2) is 11.5 Å². The zero-order valence-electron chi connectivity index (χ0n) is 15.0. The molecule has 142 valence electrons. The molecule has 1 N–H and O–H groups in total. The van der Waals surface area contributed by atoms with E-state index < -0.39 is 23.8 Å². The Balaban J connectivity index is 1.90. The normalized spacial score (nSPS) is 15.2. The highest BCUT2D eigenvalue weighted by atomic mass is 19.4. The van der Waals surface area contributed by atoms with Crippen molar-refractivity contribution in [1.29, 1.82) is 0 Å². The Labute approximate surface area is 149 Å². The maximum absolute atomic E-state index is 13.3. The summed E-state index contributed by atoms with van der Waals surface area (Å²) in [5.74, 6) is -0.00757. The summed E-state index contributed by atoms with van der Waals surface area (Å²) < 4.78 is 42.8. The van der Waals surface area contributed by atoms with Gasteiger partial charge in [-0.3, -0.25) is 14.2 Å². The van der Waals surface area contributed by atoms with E-state index in [-0.39, 0.29) is 5.56 Å². The zero-order valence-corrected chi connectivity index (χ0v) is 15.0. The quantitative estimate of drug-likeness (QED) is 0.877. The number of aromatic nitrogens is 4. The summed E-state index contributed by atoms with van der Waals surface area (Å²) in [6, 6.07) is 0.938. The number of hydrogen-bond donors (Lipinski definition) is 1. The Morgan fingerprint density at radius 1 is 1.31 bits per heavy atom. The fraction of sp³-hybridized carbons (Fsp3) is 0.588. The summed E-state index contributed by atoms with van der Waals surface area (Å²) in [4.78, 5) is 12.7. The lowest BCUT2D eigenvalue weighted by atomic mass is 10.1. The Hall–Kier alpha value is -2.32. The van der Waals surface area contributed by atoms with Crippen LogP contribution in [0.2, 0.25) is 0 Å². The molecule has 0 bridgehead atoms. The first kappa shape index (κ1) is 18.5. The number of fused-ring (bicyclic) bond motifs is 1. The summed E-state index contributed by atoms with van der Waals surface area (Å²) in [7, 11) is 0. The molecule has 0 saturated heterocycles. The fourth-order valence-electron chi connectivity index (χ4n) is 3.52. The lowest BCUT2D eigenvalue weighted by Crippen LogP contribution is -2.28. The van der Waals surface area contributed by atoms with Crippen molar-refractivity contribution in [2.45, 2.75) is 65.2 Å². The molecule has 0 fully saturated rings. The van der Waals surface area contributed by atoms with Crippen molar-refractivity contribution in [1.82, 2.24) is 19.6 Å². The molecule has 1 aliphatic carbocycles. The van der Waals surface area contributed by atoms with E-state index in [9.17, 15) is 18.0 Å². The van der Waals surface area contributed by atoms with Gasteiger partial charge in [-0.05, 0) is 39.5 Å². The Kier molecular flexibility index (Phi) is 4.81. The van der Waals surface area contributed by atoms with E-state index in [4.69, 9.17) is 0 Å². The monoisotopic (exact) mass is 369 g/mol. The van der Waals surface area contributed by atoms with E-state index in [1.54, 1.807) is 17.7 Å². The van der Waals surface area contributed by atoms with Gasteiger partial charge in [0.25, 0.3) is 0 Å². The molecule has 3 rings (SSSR count). The minimum Gasteiger partial charge on any atom is -0.307 e. The number of hydrogen-bond acceptors (Lipinski definition) is 3. The van der Waals surface area contributed by atoms with Crippen molar-refractivity contribution in [3.8, 4) is 0 Å². The number of amides is 1. The Morgan fingerprint density at radius 3 is 2.62 bits per heavy atom. The molecule has 0 aromatic carbocycles. The standard InChI is InChI=1S/C17H22F3N5O/c1-4-12(16(26)21-14-9-10(3)24(5-2)22-14)25-13-8-6-7-11(13)15(23-25)17(18,19)20/h9,12H,4-8H2,1-3H3,(H,21,22,26). The second-order valence-corrected chi connectivity index (χ2v) is 6.47. The largest absolute Gasteiger partial charge is 0.435 e. The molecule has 0 aliphatic heterocycles. The molecule has 1 atom stereocenters. The van der Waals surface area contributed by atoms with Crippen LogP contribution >= 0.6 is 0 Å². The van der Waals surface area contributed by atoms with Crippen LogP contribution in [0.5, 0.6) is 0 Å². The van der Waals surface area contributed by atoms with Crippen LogP contribution in [0.1, 0.15) is 55.4 Å². The van der Waals surface area contributed by atoms with Gasteiger partial charge in [0.1, 0.15) is 6.04 Å². The third kappa shape index (κ3) is 3.22. The molecule has 0 spiro atoms. The number of anilines is 1. The molecule has 0 saturated carbocycles. The van der Waals surface area contributed by atoms with E-state index in [2.05, 4.69) is 15.5 Å². The van der Waals surface area contributed by atoms with Gasteiger partial charge in [-0.1, -0.05) is 6.92 Å². The molecule has 0 radical (unpaired) electrons. The number of halogens is 3. The number of nitrogens with one attached hydrogen (secondary N) is 1. The van der Waals surface area contributed by atoms with Gasteiger partial charge in [-0.25, -0.2) is 0 Å². The van der Waals surface area contributed by atoms with Crippen molar-refractivity contribution >= 4 is 11.7 Å². The number of aryl methyl sites for hydroxylation is 2. The van der Waals surface area contributed by atoms with E-state index in [0.29, 0.717) is 43.7 Å². The molecule has 1 amide bonds. The van der Waals surface area contributed by atoms with E-state index in [1.165, 1.54) is 4.68 Å². The van der Waals surface area contributed by atoms with Crippen molar-refractivity contribution in [2.75, 3.05) is 5.32 Å². The number of carbonyl (C=O) groups excluding carboxylic acids is 1. The van der Waals surface area contributed by atoms with Crippen molar-refractivity contribution in [2.24, 2.45) is 0 Å². The van der Waals surface area contributed by atoms with Crippen LogP contribution in [-0.2, 0) is 30.4 Å². The van der Waals surface area contributed by atoms with Gasteiger partial charge < -0.3 is 5.32 Å². The summed E-state index contributed by atoms with van der Waals surface area (Å²) in [6.07, 6.45) is -2.67.